The van der Waals surface area contributed by atoms with E-state index in [9.17, 15) is 33.6 Å². The maximum Gasteiger partial charge on any atom is 0.260 e. The van der Waals surface area contributed by atoms with Crippen LogP contribution >= 0.6 is 11.8 Å². The number of ether oxygens (including phenoxy) is 4. The highest BCUT2D eigenvalue weighted by Gasteiger charge is 2.42. The molecule has 538 valence electrons. The molecule has 11 rings (SSSR count). The van der Waals surface area contributed by atoms with Crippen LogP contribution in [-0.4, -0.2) is 170 Å². The Bertz CT molecular complexity index is 4210. The van der Waals surface area contributed by atoms with E-state index in [1.165, 1.54) is 36.6 Å². The van der Waals surface area contributed by atoms with Gasteiger partial charge in [-0.15, -0.1) is 11.8 Å². The van der Waals surface area contributed by atoms with Crippen molar-refractivity contribution < 1.29 is 52.5 Å². The number of thioether (sulfide) groups is 1. The average Bonchev–Trinajstić information content (AvgIpc) is 1.66. The Morgan fingerprint density at radius 3 is 1.62 bits per heavy atom. The molecule has 7 amide bonds. The predicted octanol–water partition coefficient (Wildman–Crippen LogP) is 12.4. The number of amides is 7. The van der Waals surface area contributed by atoms with Crippen molar-refractivity contribution >= 4 is 99.4 Å². The lowest BCUT2D eigenvalue weighted by Crippen LogP contribution is -2.53. The lowest BCUT2D eigenvalue weighted by atomic mass is 10.0. The number of unbranched alkanes of at least 4 members (excludes halogenated alkanes) is 2. The van der Waals surface area contributed by atoms with E-state index in [4.69, 9.17) is 28.9 Å². The third-order valence-corrected chi connectivity index (χ3v) is 20.6. The predicted molar refractivity (Wildman–Crippen MR) is 405 cm³/mol. The highest BCUT2D eigenvalue weighted by atomic mass is 32.2. The van der Waals surface area contributed by atoms with E-state index in [0.717, 1.165) is 54.0 Å². The van der Waals surface area contributed by atoms with Crippen LogP contribution in [0.15, 0.2) is 174 Å². The van der Waals surface area contributed by atoms with E-state index in [1.807, 2.05) is 123 Å². The molecule has 6 aliphatic heterocycles. The van der Waals surface area contributed by atoms with Gasteiger partial charge in [-0.1, -0.05) is 123 Å². The lowest BCUT2D eigenvalue weighted by molar-refractivity contribution is -0.138. The summed E-state index contributed by atoms with van der Waals surface area (Å²) in [6.07, 6.45) is 10.8. The third-order valence-electron chi connectivity index (χ3n) is 19.2. The van der Waals surface area contributed by atoms with Crippen molar-refractivity contribution in [3.8, 4) is 23.0 Å². The van der Waals surface area contributed by atoms with E-state index < -0.39 is 33.9 Å². The molecule has 5 aromatic rings. The number of nitrogens with one attached hydrogen (secondary N) is 3. The second kappa shape index (κ2) is 34.1. The van der Waals surface area contributed by atoms with Crippen LogP contribution in [0.4, 0.5) is 22.7 Å². The third kappa shape index (κ3) is 18.3. The number of methoxy groups -OCH3 is 2. The minimum atomic E-state index is -0.948. The van der Waals surface area contributed by atoms with Crippen molar-refractivity contribution in [2.75, 3.05) is 77.4 Å². The van der Waals surface area contributed by atoms with E-state index >= 15 is 0 Å². The van der Waals surface area contributed by atoms with Crippen LogP contribution in [0.1, 0.15) is 123 Å². The number of carbonyl (C=O) groups is 7. The number of carbonyl (C=O) groups excluding carboxylic acids is 7. The lowest BCUT2D eigenvalue weighted by Gasteiger charge is -2.34. The number of benzene rings is 4. The number of anilines is 2. The Morgan fingerprint density at radius 1 is 0.592 bits per heavy atom. The average molecular weight is 1410 g/mol. The van der Waals surface area contributed by atoms with Gasteiger partial charge in [-0.2, -0.15) is 0 Å². The first-order chi connectivity index (χ1) is 49.7. The Labute approximate surface area is 607 Å². The van der Waals surface area contributed by atoms with E-state index in [0.29, 0.717) is 89.7 Å². The van der Waals surface area contributed by atoms with Gasteiger partial charge in [-0.3, -0.25) is 48.4 Å². The van der Waals surface area contributed by atoms with Crippen molar-refractivity contribution in [1.29, 1.82) is 0 Å². The Balaban J connectivity index is 0.605. The van der Waals surface area contributed by atoms with Crippen molar-refractivity contribution in [2.45, 2.75) is 120 Å². The van der Waals surface area contributed by atoms with Gasteiger partial charge in [-0.25, -0.2) is 0 Å². The summed E-state index contributed by atoms with van der Waals surface area (Å²) in [6, 6.07) is 45.7. The SMILES string of the molecule is COc1cc2c(cc1OCCCOc1cc3c(cc1OC)C(=O)N1C=C(c4ccc(NC(=O)[C@H](C)NC(=O)[C@@H](NC(=O)CCCCCN5C(=O)CC(SC(C)(C)c6ccccccccccccc6)C5=O)C(C)C)cc4)C[C@H]1C=N3)N=CC1CC(c3ccc(N4CCN(C)CC4)cc3)=CN1C2=O. The number of likely N-dealkylation sites (N-methyl/N-ethyl adjacent to an activating group) is 1. The molecular formula is C81H92N10O11S. The molecule has 6 aliphatic rings. The van der Waals surface area contributed by atoms with Gasteiger partial charge in [0.15, 0.2) is 23.0 Å². The molecule has 0 bridgehead atoms. The second-order valence-electron chi connectivity index (χ2n) is 27.3. The zero-order valence-electron chi connectivity index (χ0n) is 59.8. The topological polar surface area (TPSA) is 233 Å². The van der Waals surface area contributed by atoms with Gasteiger partial charge in [0.25, 0.3) is 11.8 Å². The van der Waals surface area contributed by atoms with Crippen LogP contribution in [0.3, 0.4) is 0 Å². The Hall–Kier alpha value is -10.3. The van der Waals surface area contributed by atoms with Gasteiger partial charge in [0.1, 0.15) is 12.1 Å². The summed E-state index contributed by atoms with van der Waals surface area (Å²) in [7, 11) is 5.20. The first-order valence-corrected chi connectivity index (χ1v) is 36.3. The van der Waals surface area contributed by atoms with Crippen LogP contribution in [0.5, 0.6) is 23.0 Å². The molecule has 21 nitrogen and oxygen atoms in total. The number of rotatable bonds is 26. The van der Waals surface area contributed by atoms with E-state index in [1.54, 1.807) is 59.3 Å². The van der Waals surface area contributed by atoms with Crippen LogP contribution in [0.2, 0.25) is 0 Å². The second-order valence-corrected chi connectivity index (χ2v) is 29.1. The molecule has 0 aliphatic carbocycles. The van der Waals surface area contributed by atoms with Gasteiger partial charge >= 0.3 is 0 Å². The highest BCUT2D eigenvalue weighted by Crippen LogP contribution is 2.44. The molecule has 103 heavy (non-hydrogen) atoms. The van der Waals surface area contributed by atoms with Crippen LogP contribution in [0, 0.1) is 5.92 Å². The minimum absolute atomic E-state index is 0.126. The highest BCUT2D eigenvalue weighted by molar-refractivity contribution is 8.01. The van der Waals surface area contributed by atoms with Gasteiger partial charge < -0.3 is 54.5 Å². The quantitative estimate of drug-likeness (QED) is 0.0345. The largest absolute Gasteiger partial charge is 0.493 e. The number of hydrogen-bond acceptors (Lipinski definition) is 16. The fourth-order valence-corrected chi connectivity index (χ4v) is 14.6. The van der Waals surface area contributed by atoms with Crippen LogP contribution < -0.4 is 39.8 Å². The molecule has 2 fully saturated rings. The number of imide groups is 1. The summed E-state index contributed by atoms with van der Waals surface area (Å²) >= 11 is 1.48. The number of hydrogen-bond donors (Lipinski definition) is 3. The molecule has 6 heterocycles. The fraction of sp³-hybridized carbons (Fsp3) is 0.370. The van der Waals surface area contributed by atoms with Gasteiger partial charge in [0.2, 0.25) is 29.5 Å². The molecule has 22 heteroatoms. The summed E-state index contributed by atoms with van der Waals surface area (Å²) < 4.78 is 23.4. The molecule has 0 aromatic heterocycles. The maximum absolute atomic E-state index is 14.3. The molecule has 0 radical (unpaired) electrons. The number of aliphatic imine (C=N–C) groups is 2. The molecule has 2 unspecified atom stereocenters. The number of likely N-dealkylation sites (tertiary alicyclic amines) is 1. The minimum Gasteiger partial charge on any atom is -0.493 e. The molecule has 5 atom stereocenters. The summed E-state index contributed by atoms with van der Waals surface area (Å²) in [6.45, 7) is 14.1. The van der Waals surface area contributed by atoms with Crippen molar-refractivity contribution in [2.24, 2.45) is 15.9 Å². The monoisotopic (exact) mass is 1410 g/mol. The fourth-order valence-electron chi connectivity index (χ4n) is 13.2. The van der Waals surface area contributed by atoms with Crippen molar-refractivity contribution in [3.05, 3.63) is 192 Å². The number of piperazine rings is 1. The van der Waals surface area contributed by atoms with Crippen molar-refractivity contribution in [3.63, 3.8) is 0 Å². The smallest absolute Gasteiger partial charge is 0.260 e. The normalized spacial score (nSPS) is 18.2. The van der Waals surface area contributed by atoms with E-state index in [-0.39, 0.29) is 80.1 Å². The zero-order chi connectivity index (χ0) is 72.7. The number of fused-ring (bicyclic) bond motifs is 4. The first-order valence-electron chi connectivity index (χ1n) is 35.4. The first kappa shape index (κ1) is 73.9. The molecular weight excluding hydrogens is 1320 g/mol. The van der Waals surface area contributed by atoms with Gasteiger partial charge in [0, 0.05) is 118 Å². The molecule has 5 aromatic carbocycles. The molecule has 2 saturated heterocycles. The Kier molecular flexibility index (Phi) is 24.5. The van der Waals surface area contributed by atoms with Crippen LogP contribution in [-0.2, 0) is 28.7 Å². The Morgan fingerprint density at radius 2 is 1.11 bits per heavy atom. The van der Waals surface area contributed by atoms with E-state index in [2.05, 4.69) is 70.9 Å². The van der Waals surface area contributed by atoms with Gasteiger partial charge in [-0.05, 0) is 111 Å². The summed E-state index contributed by atoms with van der Waals surface area (Å²) in [5, 5.41) is 7.96. The molecule has 0 spiro atoms. The van der Waals surface area contributed by atoms with Crippen molar-refractivity contribution in [1.82, 2.24) is 30.2 Å². The zero-order valence-corrected chi connectivity index (χ0v) is 60.7. The molecule has 0 saturated carbocycles. The summed E-state index contributed by atoms with van der Waals surface area (Å²) in [4.78, 5) is 114. The van der Waals surface area contributed by atoms with Gasteiger partial charge in [0.05, 0.1) is 67.3 Å². The summed E-state index contributed by atoms with van der Waals surface area (Å²) in [5.74, 6) is -0.747. The van der Waals surface area contributed by atoms with Crippen LogP contribution in [0.25, 0.3) is 11.1 Å². The molecule has 3 N–H and O–H groups in total. The maximum atomic E-state index is 14.3. The number of nitrogens with zero attached hydrogens (tertiary/aromatic N) is 7. The summed E-state index contributed by atoms with van der Waals surface area (Å²) in [5.41, 5.74) is 8.30. The standard InChI is InChI=1S/C81H92N10O11S/c1-53(2)75(86-73(92)26-21-18-22-35-89-74(93)48-72(80(89)98)103-81(4,5)59-24-19-16-14-12-10-9-11-13-15-17-20-25-59)77(95)84-54(3)76(94)85-60-31-27-55(28-32-60)57-42-62-49-82-66-46-70(68(99-7)44-64(66)78(96)90(62)51-57)101-40-23-41-102-71-47-67-65(45-69(71)100-8)79(97)91-52-58(43-63(91)50-83-67)56-29-33-61(34-30-56)88-38-36-87(6)37-39-88/h9-17,19-20,24-25,27-34,44-47,49-54,62-63,72,75H,18,21-23,26,35-43,48H2,1-8H3,(H,84,95)(H,85,94)(H,86,92)/t54-,62-,63?,72?,75-/m0/s1.